The van der Waals surface area contributed by atoms with Crippen molar-refractivity contribution in [2.24, 2.45) is 0 Å². The van der Waals surface area contributed by atoms with Gasteiger partial charge in [-0.2, -0.15) is 0 Å². The SMILES string of the molecule is Cc1ncsc1CN(C)CC(=O)Nc1ccc(Cl)c(N)c1. The van der Waals surface area contributed by atoms with Crippen LogP contribution in [0.1, 0.15) is 10.6 Å². The monoisotopic (exact) mass is 324 g/mol. The van der Waals surface area contributed by atoms with Gasteiger partial charge in [-0.1, -0.05) is 11.6 Å². The van der Waals surface area contributed by atoms with Crippen LogP contribution in [0.25, 0.3) is 0 Å². The lowest BCUT2D eigenvalue weighted by molar-refractivity contribution is -0.117. The van der Waals surface area contributed by atoms with Gasteiger partial charge in [-0.05, 0) is 32.2 Å². The maximum absolute atomic E-state index is 12.0. The molecule has 5 nitrogen and oxygen atoms in total. The first-order valence-corrected chi connectivity index (χ1v) is 7.64. The molecule has 1 amide bonds. The molecule has 21 heavy (non-hydrogen) atoms. The summed E-state index contributed by atoms with van der Waals surface area (Å²) in [6, 6.07) is 5.04. The standard InChI is InChI=1S/C14H17ClN4OS/c1-9-13(21-8-17-9)6-19(2)7-14(20)18-10-3-4-11(15)12(16)5-10/h3-5,8H,6-7,16H2,1-2H3,(H,18,20). The summed E-state index contributed by atoms with van der Waals surface area (Å²) >= 11 is 7.44. The number of aromatic nitrogens is 1. The van der Waals surface area contributed by atoms with Crippen LogP contribution < -0.4 is 11.1 Å². The lowest BCUT2D eigenvalue weighted by atomic mass is 10.3. The van der Waals surface area contributed by atoms with E-state index in [1.807, 2.05) is 24.4 Å². The van der Waals surface area contributed by atoms with Crippen molar-refractivity contribution in [1.29, 1.82) is 0 Å². The van der Waals surface area contributed by atoms with Gasteiger partial charge in [-0.3, -0.25) is 9.69 Å². The number of benzene rings is 1. The first-order chi connectivity index (χ1) is 9.95. The molecular formula is C14H17ClN4OS. The Balaban J connectivity index is 1.89. The van der Waals surface area contributed by atoms with E-state index in [0.717, 1.165) is 5.69 Å². The molecule has 1 aromatic heterocycles. The number of amides is 1. The average molecular weight is 325 g/mol. The van der Waals surface area contributed by atoms with Crippen molar-refractivity contribution in [3.05, 3.63) is 39.3 Å². The molecule has 2 aromatic rings. The second-order valence-corrected chi connectivity index (χ2v) is 6.16. The molecule has 0 aliphatic rings. The highest BCUT2D eigenvalue weighted by Crippen LogP contribution is 2.22. The van der Waals surface area contributed by atoms with Crippen LogP contribution in [-0.2, 0) is 11.3 Å². The number of aryl methyl sites for hydroxylation is 1. The first kappa shape index (κ1) is 15.8. The van der Waals surface area contributed by atoms with Gasteiger partial charge in [0.2, 0.25) is 5.91 Å². The van der Waals surface area contributed by atoms with Gasteiger partial charge < -0.3 is 11.1 Å². The van der Waals surface area contributed by atoms with Crippen molar-refractivity contribution in [3.8, 4) is 0 Å². The number of carbonyl (C=O) groups excluding carboxylic acids is 1. The quantitative estimate of drug-likeness (QED) is 0.830. The zero-order valence-electron chi connectivity index (χ0n) is 11.9. The summed E-state index contributed by atoms with van der Waals surface area (Å²) in [6.45, 7) is 2.96. The van der Waals surface area contributed by atoms with Crippen molar-refractivity contribution in [2.45, 2.75) is 13.5 Å². The van der Waals surface area contributed by atoms with Gasteiger partial charge in [0, 0.05) is 17.1 Å². The summed E-state index contributed by atoms with van der Waals surface area (Å²) < 4.78 is 0. The zero-order valence-corrected chi connectivity index (χ0v) is 13.5. The number of hydrogen-bond acceptors (Lipinski definition) is 5. The normalized spacial score (nSPS) is 10.9. The highest BCUT2D eigenvalue weighted by molar-refractivity contribution is 7.09. The number of hydrogen-bond donors (Lipinski definition) is 2. The van der Waals surface area contributed by atoms with Gasteiger partial charge in [0.1, 0.15) is 0 Å². The molecule has 0 unspecified atom stereocenters. The summed E-state index contributed by atoms with van der Waals surface area (Å²) in [5.41, 5.74) is 9.62. The van der Waals surface area contributed by atoms with Crippen molar-refractivity contribution in [1.82, 2.24) is 9.88 Å². The van der Waals surface area contributed by atoms with Gasteiger partial charge >= 0.3 is 0 Å². The minimum Gasteiger partial charge on any atom is -0.397 e. The van der Waals surface area contributed by atoms with Gasteiger partial charge in [0.05, 0.1) is 28.5 Å². The lowest BCUT2D eigenvalue weighted by Gasteiger charge is -2.15. The Kier molecular flexibility index (Phi) is 5.17. The highest BCUT2D eigenvalue weighted by atomic mass is 35.5. The van der Waals surface area contributed by atoms with E-state index in [4.69, 9.17) is 17.3 Å². The maximum atomic E-state index is 12.0. The molecule has 7 heteroatoms. The molecule has 112 valence electrons. The second kappa shape index (κ2) is 6.89. The van der Waals surface area contributed by atoms with Gasteiger partial charge in [-0.25, -0.2) is 4.98 Å². The third kappa shape index (κ3) is 4.42. The number of likely N-dealkylation sites (N-methyl/N-ethyl adjacent to an activating group) is 1. The number of halogens is 1. The summed E-state index contributed by atoms with van der Waals surface area (Å²) in [4.78, 5) is 19.3. The van der Waals surface area contributed by atoms with Crippen LogP contribution >= 0.6 is 22.9 Å². The van der Waals surface area contributed by atoms with Gasteiger partial charge in [-0.15, -0.1) is 11.3 Å². The number of anilines is 2. The number of nitrogen functional groups attached to an aromatic ring is 1. The fraction of sp³-hybridized carbons (Fsp3) is 0.286. The molecule has 0 aliphatic heterocycles. The molecular weight excluding hydrogens is 308 g/mol. The molecule has 0 saturated carbocycles. The van der Waals surface area contributed by atoms with Gasteiger partial charge in [0.15, 0.2) is 0 Å². The predicted octanol–water partition coefficient (Wildman–Crippen LogP) is 2.76. The van der Waals surface area contributed by atoms with Crippen molar-refractivity contribution in [3.63, 3.8) is 0 Å². The number of nitrogens with zero attached hydrogens (tertiary/aromatic N) is 2. The third-order valence-electron chi connectivity index (χ3n) is 2.95. The minimum absolute atomic E-state index is 0.0959. The lowest BCUT2D eigenvalue weighted by Crippen LogP contribution is -2.29. The fourth-order valence-corrected chi connectivity index (χ4v) is 2.82. The molecule has 0 aliphatic carbocycles. The largest absolute Gasteiger partial charge is 0.397 e. The molecule has 0 atom stereocenters. The average Bonchev–Trinajstić information content (AvgIpc) is 2.79. The minimum atomic E-state index is -0.0959. The summed E-state index contributed by atoms with van der Waals surface area (Å²) in [5.74, 6) is -0.0959. The van der Waals surface area contributed by atoms with E-state index in [9.17, 15) is 4.79 Å². The smallest absolute Gasteiger partial charge is 0.238 e. The molecule has 0 bridgehead atoms. The third-order valence-corrected chi connectivity index (χ3v) is 4.22. The molecule has 1 aromatic carbocycles. The van der Waals surface area contributed by atoms with Gasteiger partial charge in [0.25, 0.3) is 0 Å². The van der Waals surface area contributed by atoms with Crippen LogP contribution in [0.4, 0.5) is 11.4 Å². The Labute approximate surface area is 132 Å². The first-order valence-electron chi connectivity index (χ1n) is 6.38. The van der Waals surface area contributed by atoms with Crippen LogP contribution in [-0.4, -0.2) is 29.4 Å². The van der Waals surface area contributed by atoms with Crippen molar-refractivity contribution in [2.75, 3.05) is 24.6 Å². The van der Waals surface area contributed by atoms with E-state index in [2.05, 4.69) is 10.3 Å². The van der Waals surface area contributed by atoms with Crippen molar-refractivity contribution < 1.29 is 4.79 Å². The predicted molar refractivity (Wildman–Crippen MR) is 87.7 cm³/mol. The fourth-order valence-electron chi connectivity index (χ4n) is 1.85. The number of rotatable bonds is 5. The van der Waals surface area contributed by atoms with Crippen LogP contribution in [0.2, 0.25) is 5.02 Å². The summed E-state index contributed by atoms with van der Waals surface area (Å²) in [7, 11) is 1.90. The molecule has 2 rings (SSSR count). The van der Waals surface area contributed by atoms with Crippen LogP contribution in [0.3, 0.4) is 0 Å². The topological polar surface area (TPSA) is 71.2 Å². The molecule has 0 radical (unpaired) electrons. The van der Waals surface area contributed by atoms with Crippen LogP contribution in [0.5, 0.6) is 0 Å². The van der Waals surface area contributed by atoms with Crippen LogP contribution in [0.15, 0.2) is 23.7 Å². The number of nitrogens with one attached hydrogen (secondary N) is 1. The van der Waals surface area contributed by atoms with E-state index in [-0.39, 0.29) is 5.91 Å². The molecule has 1 heterocycles. The summed E-state index contributed by atoms with van der Waals surface area (Å²) in [5, 5.41) is 3.28. The number of carbonyl (C=O) groups is 1. The molecule has 0 spiro atoms. The molecule has 3 N–H and O–H groups in total. The van der Waals surface area contributed by atoms with E-state index >= 15 is 0 Å². The van der Waals surface area contributed by atoms with E-state index in [0.29, 0.717) is 29.5 Å². The summed E-state index contributed by atoms with van der Waals surface area (Å²) in [6.07, 6.45) is 0. The Morgan fingerprint density at radius 2 is 2.29 bits per heavy atom. The molecule has 0 fully saturated rings. The number of thiazole rings is 1. The number of nitrogens with two attached hydrogens (primary N) is 1. The Hall–Kier alpha value is -1.63. The Morgan fingerprint density at radius 1 is 1.52 bits per heavy atom. The van der Waals surface area contributed by atoms with E-state index < -0.39 is 0 Å². The van der Waals surface area contributed by atoms with E-state index in [1.165, 1.54) is 4.88 Å². The van der Waals surface area contributed by atoms with E-state index in [1.54, 1.807) is 29.5 Å². The highest BCUT2D eigenvalue weighted by Gasteiger charge is 2.10. The van der Waals surface area contributed by atoms with Crippen LogP contribution in [0, 0.1) is 6.92 Å². The maximum Gasteiger partial charge on any atom is 0.238 e. The second-order valence-electron chi connectivity index (χ2n) is 4.82. The zero-order chi connectivity index (χ0) is 15.4. The van der Waals surface area contributed by atoms with Crippen molar-refractivity contribution >= 4 is 40.2 Å². The molecule has 0 saturated heterocycles. The Bertz CT molecular complexity index is 644. The Morgan fingerprint density at radius 3 is 2.90 bits per heavy atom.